The molecule has 1 aliphatic rings. The topological polar surface area (TPSA) is 38.3 Å². The van der Waals surface area contributed by atoms with E-state index in [4.69, 9.17) is 4.74 Å². The summed E-state index contributed by atoms with van der Waals surface area (Å²) in [6.45, 7) is 6.53. The van der Waals surface area contributed by atoms with Gasteiger partial charge in [0.15, 0.2) is 0 Å². The highest BCUT2D eigenvalue weighted by atomic mass is 16.5. The van der Waals surface area contributed by atoms with Crippen LogP contribution in [-0.4, -0.2) is 25.2 Å². The highest BCUT2D eigenvalue weighted by molar-refractivity contribution is 5.81. The third-order valence-corrected chi connectivity index (χ3v) is 3.59. The van der Waals surface area contributed by atoms with Gasteiger partial charge < -0.3 is 4.74 Å². The second kappa shape index (κ2) is 6.04. The lowest BCUT2D eigenvalue weighted by molar-refractivity contribution is -0.151. The van der Waals surface area contributed by atoms with Gasteiger partial charge in [0.2, 0.25) is 0 Å². The molecule has 2 unspecified atom stereocenters. The first-order valence-corrected chi connectivity index (χ1v) is 6.13. The van der Waals surface area contributed by atoms with Crippen molar-refractivity contribution in [3.05, 3.63) is 12.7 Å². The van der Waals surface area contributed by atoms with Crippen molar-refractivity contribution in [3.63, 3.8) is 0 Å². The van der Waals surface area contributed by atoms with Gasteiger partial charge in [0.1, 0.15) is 5.54 Å². The molecule has 0 amide bonds. The predicted octanol–water partition coefficient (Wildman–Crippen LogP) is 2.27. The van der Waals surface area contributed by atoms with Crippen LogP contribution < -0.4 is 5.32 Å². The van der Waals surface area contributed by atoms with Crippen LogP contribution in [0.1, 0.15) is 39.0 Å². The largest absolute Gasteiger partial charge is 0.468 e. The van der Waals surface area contributed by atoms with Crippen LogP contribution in [0.5, 0.6) is 0 Å². The number of carbonyl (C=O) groups excluding carboxylic acids is 1. The van der Waals surface area contributed by atoms with Gasteiger partial charge in [0.05, 0.1) is 7.11 Å². The molecule has 1 N–H and O–H groups in total. The second-order valence-electron chi connectivity index (χ2n) is 4.61. The Bertz CT molecular complexity index is 252. The van der Waals surface area contributed by atoms with E-state index in [1.54, 1.807) is 6.08 Å². The smallest absolute Gasteiger partial charge is 0.326 e. The number of esters is 1. The van der Waals surface area contributed by atoms with Crippen LogP contribution >= 0.6 is 0 Å². The minimum absolute atomic E-state index is 0.118. The van der Waals surface area contributed by atoms with Crippen molar-refractivity contribution in [2.75, 3.05) is 13.7 Å². The van der Waals surface area contributed by atoms with Crippen molar-refractivity contribution < 1.29 is 9.53 Å². The molecule has 1 fully saturated rings. The van der Waals surface area contributed by atoms with E-state index in [2.05, 4.69) is 18.8 Å². The zero-order chi connectivity index (χ0) is 12.0. The van der Waals surface area contributed by atoms with E-state index in [0.717, 1.165) is 25.7 Å². The number of methoxy groups -OCH3 is 1. The van der Waals surface area contributed by atoms with E-state index in [9.17, 15) is 4.79 Å². The first kappa shape index (κ1) is 13.2. The van der Waals surface area contributed by atoms with E-state index in [1.807, 2.05) is 0 Å². The Morgan fingerprint density at radius 3 is 3.00 bits per heavy atom. The molecule has 1 saturated carbocycles. The molecule has 0 heterocycles. The highest BCUT2D eigenvalue weighted by Crippen LogP contribution is 2.35. The van der Waals surface area contributed by atoms with E-state index in [0.29, 0.717) is 12.5 Å². The lowest BCUT2D eigenvalue weighted by Gasteiger charge is -2.39. The fourth-order valence-electron chi connectivity index (χ4n) is 2.62. The van der Waals surface area contributed by atoms with Crippen LogP contribution in [0.3, 0.4) is 0 Å². The van der Waals surface area contributed by atoms with Gasteiger partial charge >= 0.3 is 5.97 Å². The number of ether oxygens (including phenoxy) is 1. The zero-order valence-corrected chi connectivity index (χ0v) is 10.4. The molecule has 2 atom stereocenters. The molecule has 1 aliphatic carbocycles. The summed E-state index contributed by atoms with van der Waals surface area (Å²) in [5, 5.41) is 3.31. The summed E-state index contributed by atoms with van der Waals surface area (Å²) >= 11 is 0. The Morgan fingerprint density at radius 1 is 1.69 bits per heavy atom. The van der Waals surface area contributed by atoms with Crippen LogP contribution in [0.2, 0.25) is 0 Å². The van der Waals surface area contributed by atoms with Crippen LogP contribution in [0.25, 0.3) is 0 Å². The second-order valence-corrected chi connectivity index (χ2v) is 4.61. The fourth-order valence-corrected chi connectivity index (χ4v) is 2.62. The fraction of sp³-hybridized carbons (Fsp3) is 0.769. The first-order chi connectivity index (χ1) is 7.68. The summed E-state index contributed by atoms with van der Waals surface area (Å²) in [5.74, 6) is 0.512. The van der Waals surface area contributed by atoms with Crippen LogP contribution in [0.4, 0.5) is 0 Å². The average Bonchev–Trinajstić information content (AvgIpc) is 2.35. The molecule has 0 bridgehead atoms. The van der Waals surface area contributed by atoms with Gasteiger partial charge in [0.25, 0.3) is 0 Å². The van der Waals surface area contributed by atoms with Crippen LogP contribution in [0.15, 0.2) is 12.7 Å². The van der Waals surface area contributed by atoms with Gasteiger partial charge in [-0.15, -0.1) is 6.58 Å². The number of nitrogens with one attached hydrogen (secondary N) is 1. The molecule has 0 aliphatic heterocycles. The highest BCUT2D eigenvalue weighted by Gasteiger charge is 2.42. The number of rotatable bonds is 5. The molecule has 0 aromatic rings. The number of carbonyl (C=O) groups is 1. The van der Waals surface area contributed by atoms with Gasteiger partial charge in [0, 0.05) is 6.54 Å². The summed E-state index contributed by atoms with van der Waals surface area (Å²) in [5.41, 5.74) is -0.470. The number of hydrogen-bond donors (Lipinski definition) is 1. The third kappa shape index (κ3) is 2.85. The maximum absolute atomic E-state index is 11.9. The molecular formula is C13H23NO2. The third-order valence-electron chi connectivity index (χ3n) is 3.59. The van der Waals surface area contributed by atoms with Crippen molar-refractivity contribution in [3.8, 4) is 0 Å². The minimum atomic E-state index is -0.470. The van der Waals surface area contributed by atoms with Gasteiger partial charge in [-0.05, 0) is 18.8 Å². The SMILES string of the molecule is C=CCNC1(C(=O)OC)CCCC(CC)C1. The Morgan fingerprint density at radius 2 is 2.44 bits per heavy atom. The summed E-state index contributed by atoms with van der Waals surface area (Å²) in [6.07, 6.45) is 7.02. The average molecular weight is 225 g/mol. The van der Waals surface area contributed by atoms with E-state index < -0.39 is 5.54 Å². The van der Waals surface area contributed by atoms with Gasteiger partial charge in [-0.2, -0.15) is 0 Å². The molecule has 0 spiro atoms. The Kier molecular flexibility index (Phi) is 5.00. The van der Waals surface area contributed by atoms with Crippen molar-refractivity contribution in [1.29, 1.82) is 0 Å². The number of hydrogen-bond acceptors (Lipinski definition) is 3. The Labute approximate surface area is 98.2 Å². The predicted molar refractivity (Wildman–Crippen MR) is 65.2 cm³/mol. The monoisotopic (exact) mass is 225 g/mol. The standard InChI is InChI=1S/C13H23NO2/c1-4-9-14-13(12(15)16-3)8-6-7-11(5-2)10-13/h4,11,14H,1,5-10H2,2-3H3. The first-order valence-electron chi connectivity index (χ1n) is 6.13. The summed E-state index contributed by atoms with van der Waals surface area (Å²) in [6, 6.07) is 0. The summed E-state index contributed by atoms with van der Waals surface area (Å²) in [7, 11) is 1.47. The Hall–Kier alpha value is -0.830. The summed E-state index contributed by atoms with van der Waals surface area (Å²) in [4.78, 5) is 11.9. The molecule has 0 aromatic heterocycles. The normalized spacial score (nSPS) is 29.8. The quantitative estimate of drug-likeness (QED) is 0.576. The van der Waals surface area contributed by atoms with Gasteiger partial charge in [-0.1, -0.05) is 32.3 Å². The van der Waals surface area contributed by atoms with Crippen molar-refractivity contribution in [1.82, 2.24) is 5.32 Å². The summed E-state index contributed by atoms with van der Waals surface area (Å²) < 4.78 is 4.95. The van der Waals surface area contributed by atoms with E-state index in [-0.39, 0.29) is 5.97 Å². The molecule has 0 aromatic carbocycles. The molecular weight excluding hydrogens is 202 g/mol. The molecule has 3 heteroatoms. The maximum Gasteiger partial charge on any atom is 0.326 e. The molecule has 3 nitrogen and oxygen atoms in total. The van der Waals surface area contributed by atoms with Crippen LogP contribution in [-0.2, 0) is 9.53 Å². The Balaban J connectivity index is 2.76. The van der Waals surface area contributed by atoms with Crippen molar-refractivity contribution in [2.45, 2.75) is 44.6 Å². The van der Waals surface area contributed by atoms with Gasteiger partial charge in [-0.25, -0.2) is 0 Å². The van der Waals surface area contributed by atoms with Crippen molar-refractivity contribution in [2.24, 2.45) is 5.92 Å². The molecule has 0 saturated heterocycles. The minimum Gasteiger partial charge on any atom is -0.468 e. The molecule has 16 heavy (non-hydrogen) atoms. The lowest BCUT2D eigenvalue weighted by Crippen LogP contribution is -2.55. The molecule has 1 rings (SSSR count). The maximum atomic E-state index is 11.9. The lowest BCUT2D eigenvalue weighted by atomic mass is 9.74. The van der Waals surface area contributed by atoms with Crippen molar-refractivity contribution >= 4 is 5.97 Å². The van der Waals surface area contributed by atoms with E-state index in [1.165, 1.54) is 13.5 Å². The zero-order valence-electron chi connectivity index (χ0n) is 10.4. The van der Waals surface area contributed by atoms with Gasteiger partial charge in [-0.3, -0.25) is 10.1 Å². The molecule has 0 radical (unpaired) electrons. The van der Waals surface area contributed by atoms with Crippen LogP contribution in [0, 0.1) is 5.92 Å². The molecule has 92 valence electrons. The van der Waals surface area contributed by atoms with E-state index >= 15 is 0 Å².